The molecule has 3 fully saturated rings. The lowest BCUT2D eigenvalue weighted by Crippen LogP contribution is -2.63. The van der Waals surface area contributed by atoms with Gasteiger partial charge in [0.15, 0.2) is 0 Å². The van der Waals surface area contributed by atoms with Crippen molar-refractivity contribution in [3.05, 3.63) is 12.7 Å². The average molecular weight is 306 g/mol. The molecule has 2 heteroatoms. The first-order valence-corrected chi connectivity index (χ1v) is 9.11. The van der Waals surface area contributed by atoms with Crippen LogP contribution in [0, 0.1) is 28.1 Å². The van der Waals surface area contributed by atoms with Gasteiger partial charge in [0.25, 0.3) is 0 Å². The highest BCUT2D eigenvalue weighted by Crippen LogP contribution is 2.66. The molecule has 0 saturated heterocycles. The molecule has 0 aromatic carbocycles. The fourth-order valence-electron chi connectivity index (χ4n) is 6.62. The smallest absolute Gasteiger partial charge is 0.0689 e. The quantitative estimate of drug-likeness (QED) is 0.709. The molecular formula is C20H34O2. The van der Waals surface area contributed by atoms with E-state index in [9.17, 15) is 10.2 Å². The summed E-state index contributed by atoms with van der Waals surface area (Å²) in [6.07, 6.45) is 8.82. The maximum absolute atomic E-state index is 11.5. The van der Waals surface area contributed by atoms with Crippen LogP contribution in [0.25, 0.3) is 0 Å². The summed E-state index contributed by atoms with van der Waals surface area (Å²) in [5, 5.41) is 22.0. The summed E-state index contributed by atoms with van der Waals surface area (Å²) in [5.41, 5.74) is -0.325. The standard InChI is InChI=1S/C20H34O2/c1-6-18(4)10-7-15-19(5)11-9-16(21)17(2,3)14(19)8-12-20(15,22)13-18/h6,14-16,21-22H,1,7-13H2,2-5H3/t14-,15?,16-,18-,19-,20+/m0/s1. The molecule has 1 unspecified atom stereocenters. The summed E-state index contributed by atoms with van der Waals surface area (Å²) in [7, 11) is 0. The van der Waals surface area contributed by atoms with Crippen LogP contribution < -0.4 is 0 Å². The van der Waals surface area contributed by atoms with Gasteiger partial charge in [-0.05, 0) is 73.0 Å². The van der Waals surface area contributed by atoms with Crippen molar-refractivity contribution < 1.29 is 10.2 Å². The van der Waals surface area contributed by atoms with E-state index in [2.05, 4.69) is 40.3 Å². The normalized spacial score (nSPS) is 54.2. The van der Waals surface area contributed by atoms with E-state index in [-0.39, 0.29) is 22.3 Å². The molecule has 0 spiro atoms. The van der Waals surface area contributed by atoms with E-state index in [1.807, 2.05) is 0 Å². The molecule has 6 atom stereocenters. The van der Waals surface area contributed by atoms with E-state index in [1.165, 1.54) is 0 Å². The predicted octanol–water partition coefficient (Wildman–Crippen LogP) is 4.31. The number of hydrogen-bond acceptors (Lipinski definition) is 2. The number of fused-ring (bicyclic) bond motifs is 3. The van der Waals surface area contributed by atoms with E-state index in [0.717, 1.165) is 44.9 Å². The first-order chi connectivity index (χ1) is 10.1. The number of aliphatic hydroxyl groups is 2. The SMILES string of the molecule is C=C[C@@]1(C)CCC2[C@@](O)(CC[C@H]3C(C)(C)[C@@H](O)CC[C@]23C)C1. The second-order valence-electron chi connectivity index (χ2n) is 9.70. The minimum atomic E-state index is -0.537. The summed E-state index contributed by atoms with van der Waals surface area (Å²) in [6.45, 7) is 13.1. The number of rotatable bonds is 1. The van der Waals surface area contributed by atoms with Crippen LogP contribution in [0.4, 0.5) is 0 Å². The topological polar surface area (TPSA) is 40.5 Å². The summed E-state index contributed by atoms with van der Waals surface area (Å²) in [4.78, 5) is 0. The summed E-state index contributed by atoms with van der Waals surface area (Å²) < 4.78 is 0. The first-order valence-electron chi connectivity index (χ1n) is 9.11. The van der Waals surface area contributed by atoms with Crippen molar-refractivity contribution in [2.75, 3.05) is 0 Å². The molecule has 3 saturated carbocycles. The molecule has 0 radical (unpaired) electrons. The summed E-state index contributed by atoms with van der Waals surface area (Å²) >= 11 is 0. The van der Waals surface area contributed by atoms with Gasteiger partial charge in [0.1, 0.15) is 0 Å². The van der Waals surface area contributed by atoms with Crippen LogP contribution in [-0.4, -0.2) is 21.9 Å². The highest BCUT2D eigenvalue weighted by molar-refractivity contribution is 5.14. The Labute approximate surface area is 136 Å². The average Bonchev–Trinajstić information content (AvgIpc) is 2.42. The zero-order chi connectivity index (χ0) is 16.4. The Balaban J connectivity index is 1.95. The monoisotopic (exact) mass is 306 g/mol. The van der Waals surface area contributed by atoms with Crippen LogP contribution in [0.5, 0.6) is 0 Å². The van der Waals surface area contributed by atoms with Crippen molar-refractivity contribution in [2.45, 2.75) is 84.3 Å². The van der Waals surface area contributed by atoms with Crippen molar-refractivity contribution >= 4 is 0 Å². The Morgan fingerprint density at radius 1 is 0.955 bits per heavy atom. The Kier molecular flexibility index (Phi) is 3.63. The molecule has 3 rings (SSSR count). The molecule has 0 amide bonds. The lowest BCUT2D eigenvalue weighted by Gasteiger charge is -2.65. The van der Waals surface area contributed by atoms with Gasteiger partial charge in [0, 0.05) is 0 Å². The molecule has 22 heavy (non-hydrogen) atoms. The van der Waals surface area contributed by atoms with Crippen LogP contribution in [0.2, 0.25) is 0 Å². The maximum atomic E-state index is 11.5. The lowest BCUT2D eigenvalue weighted by atomic mass is 9.41. The Morgan fingerprint density at radius 2 is 1.59 bits per heavy atom. The Hall–Kier alpha value is -0.340. The van der Waals surface area contributed by atoms with Gasteiger partial charge in [-0.2, -0.15) is 0 Å². The van der Waals surface area contributed by atoms with Gasteiger partial charge < -0.3 is 10.2 Å². The second-order valence-corrected chi connectivity index (χ2v) is 9.70. The molecule has 2 N–H and O–H groups in total. The van der Waals surface area contributed by atoms with E-state index >= 15 is 0 Å². The largest absolute Gasteiger partial charge is 0.393 e. The third-order valence-corrected chi connectivity index (χ3v) is 8.03. The van der Waals surface area contributed by atoms with Crippen molar-refractivity contribution in [3.63, 3.8) is 0 Å². The molecule has 0 aromatic rings. The van der Waals surface area contributed by atoms with E-state index < -0.39 is 5.60 Å². The van der Waals surface area contributed by atoms with E-state index in [0.29, 0.717) is 11.8 Å². The van der Waals surface area contributed by atoms with Crippen LogP contribution >= 0.6 is 0 Å². The fraction of sp³-hybridized carbons (Fsp3) is 0.900. The van der Waals surface area contributed by atoms with Crippen LogP contribution in [0.15, 0.2) is 12.7 Å². The van der Waals surface area contributed by atoms with Gasteiger partial charge in [0.2, 0.25) is 0 Å². The molecule has 126 valence electrons. The maximum Gasteiger partial charge on any atom is 0.0689 e. The zero-order valence-electron chi connectivity index (χ0n) is 14.9. The molecule has 2 nitrogen and oxygen atoms in total. The third-order valence-electron chi connectivity index (χ3n) is 8.03. The summed E-state index contributed by atoms with van der Waals surface area (Å²) in [5.74, 6) is 0.890. The van der Waals surface area contributed by atoms with Crippen molar-refractivity contribution in [2.24, 2.45) is 28.1 Å². The fourth-order valence-corrected chi connectivity index (χ4v) is 6.62. The summed E-state index contributed by atoms with van der Waals surface area (Å²) in [6, 6.07) is 0. The van der Waals surface area contributed by atoms with Gasteiger partial charge in [-0.25, -0.2) is 0 Å². The van der Waals surface area contributed by atoms with Crippen LogP contribution in [0.1, 0.15) is 72.6 Å². The molecule has 0 bridgehead atoms. The highest BCUT2D eigenvalue weighted by atomic mass is 16.3. The zero-order valence-corrected chi connectivity index (χ0v) is 14.9. The Bertz CT molecular complexity index is 470. The van der Waals surface area contributed by atoms with Crippen molar-refractivity contribution in [3.8, 4) is 0 Å². The van der Waals surface area contributed by atoms with Crippen LogP contribution in [0.3, 0.4) is 0 Å². The van der Waals surface area contributed by atoms with Gasteiger partial charge >= 0.3 is 0 Å². The van der Waals surface area contributed by atoms with E-state index in [1.54, 1.807) is 0 Å². The molecular weight excluding hydrogens is 272 g/mol. The van der Waals surface area contributed by atoms with Crippen LogP contribution in [-0.2, 0) is 0 Å². The highest BCUT2D eigenvalue weighted by Gasteiger charge is 2.63. The Morgan fingerprint density at radius 3 is 2.23 bits per heavy atom. The number of hydrogen-bond donors (Lipinski definition) is 2. The number of allylic oxidation sites excluding steroid dienone is 1. The van der Waals surface area contributed by atoms with Crippen molar-refractivity contribution in [1.29, 1.82) is 0 Å². The van der Waals surface area contributed by atoms with Gasteiger partial charge in [-0.1, -0.05) is 33.8 Å². The number of aliphatic hydroxyl groups excluding tert-OH is 1. The van der Waals surface area contributed by atoms with Gasteiger partial charge in [-0.15, -0.1) is 6.58 Å². The van der Waals surface area contributed by atoms with Gasteiger partial charge in [0.05, 0.1) is 11.7 Å². The van der Waals surface area contributed by atoms with Crippen molar-refractivity contribution in [1.82, 2.24) is 0 Å². The molecule has 0 aliphatic heterocycles. The third kappa shape index (κ3) is 2.13. The molecule has 3 aliphatic carbocycles. The lowest BCUT2D eigenvalue weighted by molar-refractivity contribution is -0.221. The minimum Gasteiger partial charge on any atom is -0.393 e. The minimum absolute atomic E-state index is 0.0342. The predicted molar refractivity (Wildman–Crippen MR) is 90.4 cm³/mol. The molecule has 0 aromatic heterocycles. The van der Waals surface area contributed by atoms with Gasteiger partial charge in [-0.3, -0.25) is 0 Å². The van der Waals surface area contributed by atoms with E-state index in [4.69, 9.17) is 0 Å². The first kappa shape index (κ1) is 16.5. The second kappa shape index (κ2) is 4.83. The molecule has 0 heterocycles. The molecule has 3 aliphatic rings.